The summed E-state index contributed by atoms with van der Waals surface area (Å²) < 4.78 is 42.7. The summed E-state index contributed by atoms with van der Waals surface area (Å²) in [4.78, 5) is 23.8. The maximum atomic E-state index is 12.6. The SMILES string of the molecule is COc1ccc(C[C@H](NC(=O)Cc2ccc(C(F)(F)F)cc2)C(N)=O)cc1. The topological polar surface area (TPSA) is 81.4 Å². The quantitative estimate of drug-likeness (QED) is 0.774. The molecule has 27 heavy (non-hydrogen) atoms. The van der Waals surface area contributed by atoms with E-state index < -0.39 is 29.6 Å². The van der Waals surface area contributed by atoms with E-state index >= 15 is 0 Å². The maximum Gasteiger partial charge on any atom is 0.416 e. The lowest BCUT2D eigenvalue weighted by molar-refractivity contribution is -0.137. The lowest BCUT2D eigenvalue weighted by atomic mass is 10.0. The Balaban J connectivity index is 1.98. The molecule has 0 aromatic heterocycles. The van der Waals surface area contributed by atoms with Crippen molar-refractivity contribution in [1.29, 1.82) is 0 Å². The Kier molecular flexibility index (Phi) is 6.44. The average molecular weight is 380 g/mol. The van der Waals surface area contributed by atoms with Gasteiger partial charge in [-0.25, -0.2) is 0 Å². The summed E-state index contributed by atoms with van der Waals surface area (Å²) in [6.45, 7) is 0. The van der Waals surface area contributed by atoms with Gasteiger partial charge in [-0.15, -0.1) is 0 Å². The van der Waals surface area contributed by atoms with E-state index in [0.717, 1.165) is 17.7 Å². The van der Waals surface area contributed by atoms with Crippen LogP contribution in [0.15, 0.2) is 48.5 Å². The minimum absolute atomic E-state index is 0.162. The number of carbonyl (C=O) groups is 2. The van der Waals surface area contributed by atoms with Crippen LogP contribution >= 0.6 is 0 Å². The van der Waals surface area contributed by atoms with Crippen molar-refractivity contribution < 1.29 is 27.5 Å². The Hall–Kier alpha value is -3.03. The highest BCUT2D eigenvalue weighted by molar-refractivity contribution is 5.87. The fraction of sp³-hybridized carbons (Fsp3) is 0.263. The molecule has 1 atom stereocenters. The molecule has 0 aliphatic rings. The molecule has 2 amide bonds. The first kappa shape index (κ1) is 20.3. The third-order valence-corrected chi connectivity index (χ3v) is 3.92. The number of carbonyl (C=O) groups excluding carboxylic acids is 2. The summed E-state index contributed by atoms with van der Waals surface area (Å²) >= 11 is 0. The average Bonchev–Trinajstić information content (AvgIpc) is 2.61. The summed E-state index contributed by atoms with van der Waals surface area (Å²) in [6.07, 6.45) is -4.40. The van der Waals surface area contributed by atoms with Gasteiger partial charge in [-0.3, -0.25) is 9.59 Å². The molecule has 0 bridgehead atoms. The van der Waals surface area contributed by atoms with E-state index in [0.29, 0.717) is 11.3 Å². The summed E-state index contributed by atoms with van der Waals surface area (Å²) in [7, 11) is 1.53. The van der Waals surface area contributed by atoms with Crippen LogP contribution in [0.25, 0.3) is 0 Å². The predicted molar refractivity (Wildman–Crippen MR) is 93.0 cm³/mol. The number of ether oxygens (including phenoxy) is 1. The van der Waals surface area contributed by atoms with Crippen molar-refractivity contribution >= 4 is 11.8 Å². The van der Waals surface area contributed by atoms with Crippen LogP contribution in [0.5, 0.6) is 5.75 Å². The van der Waals surface area contributed by atoms with Crippen LogP contribution in [-0.4, -0.2) is 25.0 Å². The van der Waals surface area contributed by atoms with Crippen molar-refractivity contribution in [3.8, 4) is 5.75 Å². The lowest BCUT2D eigenvalue weighted by Gasteiger charge is -2.16. The van der Waals surface area contributed by atoms with Crippen molar-refractivity contribution in [3.63, 3.8) is 0 Å². The van der Waals surface area contributed by atoms with Gasteiger partial charge in [0.1, 0.15) is 11.8 Å². The zero-order chi connectivity index (χ0) is 20.0. The van der Waals surface area contributed by atoms with E-state index in [-0.39, 0.29) is 12.8 Å². The first-order chi connectivity index (χ1) is 12.7. The zero-order valence-corrected chi connectivity index (χ0v) is 14.5. The first-order valence-corrected chi connectivity index (χ1v) is 8.07. The molecule has 0 saturated carbocycles. The van der Waals surface area contributed by atoms with Gasteiger partial charge in [-0.2, -0.15) is 13.2 Å². The van der Waals surface area contributed by atoms with E-state index in [1.54, 1.807) is 24.3 Å². The number of methoxy groups -OCH3 is 1. The summed E-state index contributed by atoms with van der Waals surface area (Å²) in [5.41, 5.74) is 5.73. The Bertz CT molecular complexity index is 787. The fourth-order valence-electron chi connectivity index (χ4n) is 2.46. The van der Waals surface area contributed by atoms with Crippen LogP contribution in [0.2, 0.25) is 0 Å². The third-order valence-electron chi connectivity index (χ3n) is 3.92. The third kappa shape index (κ3) is 6.02. The molecule has 0 fully saturated rings. The van der Waals surface area contributed by atoms with E-state index in [1.165, 1.54) is 19.2 Å². The van der Waals surface area contributed by atoms with E-state index in [4.69, 9.17) is 10.5 Å². The van der Waals surface area contributed by atoms with Crippen LogP contribution in [0.1, 0.15) is 16.7 Å². The van der Waals surface area contributed by atoms with Crippen molar-refractivity contribution in [2.75, 3.05) is 7.11 Å². The van der Waals surface area contributed by atoms with Gasteiger partial charge in [-0.1, -0.05) is 24.3 Å². The normalized spacial score (nSPS) is 12.3. The van der Waals surface area contributed by atoms with Gasteiger partial charge in [0.2, 0.25) is 11.8 Å². The van der Waals surface area contributed by atoms with Crippen molar-refractivity contribution in [3.05, 3.63) is 65.2 Å². The predicted octanol–water partition coefficient (Wildman–Crippen LogP) is 2.47. The second-order valence-corrected chi connectivity index (χ2v) is 5.95. The standard InChI is InChI=1S/C19H19F3N2O3/c1-27-15-8-4-12(5-9-15)10-16(18(23)26)24-17(25)11-13-2-6-14(7-3-13)19(20,21)22/h2-9,16H,10-11H2,1H3,(H2,23,26)(H,24,25)/t16-/m0/s1. The molecular formula is C19H19F3N2O3. The molecule has 0 spiro atoms. The molecule has 3 N–H and O–H groups in total. The molecule has 0 saturated heterocycles. The number of alkyl halides is 3. The zero-order valence-electron chi connectivity index (χ0n) is 14.5. The van der Waals surface area contributed by atoms with Gasteiger partial charge >= 0.3 is 6.18 Å². The van der Waals surface area contributed by atoms with Crippen molar-refractivity contribution in [1.82, 2.24) is 5.32 Å². The van der Waals surface area contributed by atoms with Crippen LogP contribution in [0, 0.1) is 0 Å². The number of benzene rings is 2. The molecule has 0 radical (unpaired) electrons. The minimum atomic E-state index is -4.43. The molecule has 5 nitrogen and oxygen atoms in total. The van der Waals surface area contributed by atoms with Gasteiger partial charge in [0, 0.05) is 6.42 Å². The first-order valence-electron chi connectivity index (χ1n) is 8.07. The number of primary amides is 1. The molecular weight excluding hydrogens is 361 g/mol. The summed E-state index contributed by atoms with van der Waals surface area (Å²) in [5, 5.41) is 2.52. The van der Waals surface area contributed by atoms with E-state index in [2.05, 4.69) is 5.32 Å². The second kappa shape index (κ2) is 8.57. The van der Waals surface area contributed by atoms with Crippen LogP contribution in [-0.2, 0) is 28.6 Å². The van der Waals surface area contributed by atoms with Crippen LogP contribution in [0.4, 0.5) is 13.2 Å². The van der Waals surface area contributed by atoms with Gasteiger partial charge < -0.3 is 15.8 Å². The lowest BCUT2D eigenvalue weighted by Crippen LogP contribution is -2.46. The maximum absolute atomic E-state index is 12.6. The van der Waals surface area contributed by atoms with Crippen molar-refractivity contribution in [2.24, 2.45) is 5.73 Å². The molecule has 0 unspecified atom stereocenters. The molecule has 8 heteroatoms. The van der Waals surface area contributed by atoms with E-state index in [9.17, 15) is 22.8 Å². The number of halogens is 3. The summed E-state index contributed by atoms with van der Waals surface area (Å²) in [5.74, 6) is -0.556. The van der Waals surface area contributed by atoms with Gasteiger partial charge in [0.25, 0.3) is 0 Å². The number of nitrogens with two attached hydrogens (primary N) is 1. The Morgan fingerprint density at radius 2 is 1.59 bits per heavy atom. The monoisotopic (exact) mass is 380 g/mol. The van der Waals surface area contributed by atoms with Gasteiger partial charge in [-0.05, 0) is 35.4 Å². The molecule has 2 aromatic carbocycles. The largest absolute Gasteiger partial charge is 0.497 e. The second-order valence-electron chi connectivity index (χ2n) is 5.95. The minimum Gasteiger partial charge on any atom is -0.497 e. The van der Waals surface area contributed by atoms with E-state index in [1.807, 2.05) is 0 Å². The molecule has 0 heterocycles. The number of amides is 2. The Morgan fingerprint density at radius 3 is 2.07 bits per heavy atom. The van der Waals surface area contributed by atoms with Crippen LogP contribution < -0.4 is 15.8 Å². The highest BCUT2D eigenvalue weighted by Crippen LogP contribution is 2.29. The number of hydrogen-bond donors (Lipinski definition) is 2. The highest BCUT2D eigenvalue weighted by Gasteiger charge is 2.30. The number of hydrogen-bond acceptors (Lipinski definition) is 3. The fourth-order valence-corrected chi connectivity index (χ4v) is 2.46. The molecule has 0 aliphatic carbocycles. The smallest absolute Gasteiger partial charge is 0.416 e. The molecule has 0 aliphatic heterocycles. The summed E-state index contributed by atoms with van der Waals surface area (Å²) in [6, 6.07) is 10.3. The highest BCUT2D eigenvalue weighted by atomic mass is 19.4. The van der Waals surface area contributed by atoms with Crippen LogP contribution in [0.3, 0.4) is 0 Å². The molecule has 2 rings (SSSR count). The Labute approximate surface area is 154 Å². The van der Waals surface area contributed by atoms with Gasteiger partial charge in [0.05, 0.1) is 19.1 Å². The molecule has 2 aromatic rings. The van der Waals surface area contributed by atoms with Crippen molar-refractivity contribution in [2.45, 2.75) is 25.1 Å². The van der Waals surface area contributed by atoms with Gasteiger partial charge in [0.15, 0.2) is 0 Å². The Morgan fingerprint density at radius 1 is 1.04 bits per heavy atom. The number of nitrogens with one attached hydrogen (secondary N) is 1. The number of rotatable bonds is 7. The molecule has 144 valence electrons.